The van der Waals surface area contributed by atoms with E-state index in [0.29, 0.717) is 18.3 Å². The third-order valence-electron chi connectivity index (χ3n) is 4.48. The molecule has 0 saturated heterocycles. The molecular formula is C15H18N6O2. The predicted octanol–water partition coefficient (Wildman–Crippen LogP) is 1.37. The van der Waals surface area contributed by atoms with E-state index in [9.17, 15) is 4.79 Å². The van der Waals surface area contributed by atoms with Crippen molar-refractivity contribution in [3.05, 3.63) is 24.0 Å². The average Bonchev–Trinajstić information content (AvgIpc) is 2.95. The normalized spacial score (nSPS) is 17.4. The van der Waals surface area contributed by atoms with E-state index in [4.69, 9.17) is 4.74 Å². The summed E-state index contributed by atoms with van der Waals surface area (Å²) in [6, 6.07) is 6.11. The number of fused-ring (bicyclic) bond motifs is 1. The van der Waals surface area contributed by atoms with Gasteiger partial charge < -0.3 is 15.0 Å². The van der Waals surface area contributed by atoms with E-state index in [1.807, 2.05) is 22.9 Å². The second-order valence-electron chi connectivity index (χ2n) is 5.87. The summed E-state index contributed by atoms with van der Waals surface area (Å²) in [5, 5.41) is 15.3. The molecule has 0 unspecified atom stereocenters. The van der Waals surface area contributed by atoms with Crippen LogP contribution in [0, 0.1) is 0 Å². The number of para-hydroxylation sites is 1. The second-order valence-corrected chi connectivity index (χ2v) is 5.87. The van der Waals surface area contributed by atoms with Gasteiger partial charge in [0.2, 0.25) is 0 Å². The maximum atomic E-state index is 11.9. The third-order valence-corrected chi connectivity index (χ3v) is 4.48. The number of benzene rings is 1. The summed E-state index contributed by atoms with van der Waals surface area (Å²) in [7, 11) is 1.76. The Morgan fingerprint density at radius 2 is 2.26 bits per heavy atom. The van der Waals surface area contributed by atoms with Crippen LogP contribution in [0.5, 0.6) is 5.75 Å². The molecule has 0 spiro atoms. The van der Waals surface area contributed by atoms with Crippen LogP contribution in [0.15, 0.2) is 18.2 Å². The lowest BCUT2D eigenvalue weighted by atomic mass is 9.93. The second kappa shape index (κ2) is 5.53. The lowest BCUT2D eigenvalue weighted by Gasteiger charge is -2.28. The highest BCUT2D eigenvalue weighted by atomic mass is 16.5. The fourth-order valence-electron chi connectivity index (χ4n) is 2.91. The molecule has 4 rings (SSSR count). The van der Waals surface area contributed by atoms with Crippen molar-refractivity contribution in [3.63, 3.8) is 0 Å². The fourth-order valence-corrected chi connectivity index (χ4v) is 2.91. The summed E-state index contributed by atoms with van der Waals surface area (Å²) in [6.07, 6.45) is 3.49. The fraction of sp³-hybridized carbons (Fsp3) is 0.467. The number of rotatable bonds is 4. The Labute approximate surface area is 133 Å². The van der Waals surface area contributed by atoms with E-state index < -0.39 is 0 Å². The topological polar surface area (TPSA) is 85.2 Å². The number of anilines is 2. The number of hydrogen-bond acceptors (Lipinski definition) is 6. The van der Waals surface area contributed by atoms with E-state index in [-0.39, 0.29) is 12.5 Å². The maximum absolute atomic E-state index is 11.9. The van der Waals surface area contributed by atoms with Crippen LogP contribution in [0.3, 0.4) is 0 Å². The van der Waals surface area contributed by atoms with Gasteiger partial charge in [0, 0.05) is 7.05 Å². The minimum Gasteiger partial charge on any atom is -0.481 e. The highest BCUT2D eigenvalue weighted by Crippen LogP contribution is 2.38. The lowest BCUT2D eigenvalue weighted by molar-refractivity contribution is -0.120. The molecule has 23 heavy (non-hydrogen) atoms. The number of tetrazole rings is 1. The lowest BCUT2D eigenvalue weighted by Crippen LogP contribution is -2.36. The van der Waals surface area contributed by atoms with Crippen LogP contribution in [0.4, 0.5) is 11.4 Å². The van der Waals surface area contributed by atoms with Gasteiger partial charge in [-0.3, -0.25) is 4.79 Å². The molecule has 1 N–H and O–H groups in total. The molecule has 8 nitrogen and oxygen atoms in total. The summed E-state index contributed by atoms with van der Waals surface area (Å²) >= 11 is 0. The zero-order chi connectivity index (χ0) is 15.8. The van der Waals surface area contributed by atoms with Crippen molar-refractivity contribution in [1.29, 1.82) is 0 Å². The van der Waals surface area contributed by atoms with Gasteiger partial charge in [-0.15, -0.1) is 5.10 Å². The molecule has 1 amide bonds. The van der Waals surface area contributed by atoms with E-state index in [1.165, 1.54) is 6.42 Å². The molecule has 120 valence electrons. The Balaban J connectivity index is 1.56. The highest BCUT2D eigenvalue weighted by molar-refractivity contribution is 6.01. The van der Waals surface area contributed by atoms with Gasteiger partial charge in [0.05, 0.1) is 18.3 Å². The zero-order valence-corrected chi connectivity index (χ0v) is 12.9. The van der Waals surface area contributed by atoms with E-state index >= 15 is 0 Å². The molecule has 8 heteroatoms. The standard InChI is InChI=1S/C15H18N6O2/c1-20-14(22)9-23-12-7-3-6-11(15(12)20)16-8-13-17-18-19-21(13)10-4-2-5-10/h3,6-7,10,16H,2,4-5,8-9H2,1H3. The van der Waals surface area contributed by atoms with Crippen molar-refractivity contribution in [3.8, 4) is 5.75 Å². The van der Waals surface area contributed by atoms with E-state index in [2.05, 4.69) is 20.8 Å². The number of nitrogens with zero attached hydrogens (tertiary/aromatic N) is 5. The summed E-state index contributed by atoms with van der Waals surface area (Å²) < 4.78 is 7.40. The van der Waals surface area contributed by atoms with Gasteiger partial charge in [0.25, 0.3) is 5.91 Å². The molecule has 2 aliphatic rings. The maximum Gasteiger partial charge on any atom is 0.264 e. The van der Waals surface area contributed by atoms with Crippen LogP contribution in [0.1, 0.15) is 31.1 Å². The van der Waals surface area contributed by atoms with Crippen LogP contribution in [0.2, 0.25) is 0 Å². The Morgan fingerprint density at radius 3 is 3.04 bits per heavy atom. The van der Waals surface area contributed by atoms with Crippen LogP contribution in [0.25, 0.3) is 0 Å². The molecule has 1 aromatic carbocycles. The Morgan fingerprint density at radius 1 is 1.39 bits per heavy atom. The van der Waals surface area contributed by atoms with Gasteiger partial charge in [-0.05, 0) is 41.8 Å². The highest BCUT2D eigenvalue weighted by Gasteiger charge is 2.26. The van der Waals surface area contributed by atoms with Gasteiger partial charge >= 0.3 is 0 Å². The Kier molecular flexibility index (Phi) is 3.36. The molecule has 0 radical (unpaired) electrons. The first-order valence-electron chi connectivity index (χ1n) is 7.77. The largest absolute Gasteiger partial charge is 0.481 e. The number of nitrogens with one attached hydrogen (secondary N) is 1. The van der Waals surface area contributed by atoms with Crippen molar-refractivity contribution >= 4 is 17.3 Å². The molecule has 1 fully saturated rings. The minimum absolute atomic E-state index is 0.0638. The quantitative estimate of drug-likeness (QED) is 0.917. The first-order chi connectivity index (χ1) is 11.2. The van der Waals surface area contributed by atoms with Gasteiger partial charge in [-0.1, -0.05) is 6.07 Å². The third kappa shape index (κ3) is 2.39. The Hall–Kier alpha value is -2.64. The molecule has 1 aliphatic carbocycles. The number of likely N-dealkylation sites (N-methyl/N-ethyl adjacent to an activating group) is 1. The molecular weight excluding hydrogens is 296 g/mol. The number of ether oxygens (including phenoxy) is 1. The molecule has 1 saturated carbocycles. The molecule has 2 heterocycles. The SMILES string of the molecule is CN1C(=O)COc2cccc(NCc3nnnn3C3CCC3)c21. The van der Waals surface area contributed by atoms with Crippen molar-refractivity contribution in [2.75, 3.05) is 23.9 Å². The van der Waals surface area contributed by atoms with Gasteiger partial charge in [0.15, 0.2) is 12.4 Å². The monoisotopic (exact) mass is 314 g/mol. The number of amides is 1. The Bertz CT molecular complexity index is 739. The summed E-state index contributed by atoms with van der Waals surface area (Å²) in [4.78, 5) is 13.5. The molecule has 1 aliphatic heterocycles. The van der Waals surface area contributed by atoms with E-state index in [0.717, 1.165) is 30.0 Å². The summed E-state index contributed by atoms with van der Waals surface area (Å²) in [5.74, 6) is 1.44. The molecule has 2 aromatic rings. The number of carbonyl (C=O) groups is 1. The van der Waals surface area contributed by atoms with Crippen LogP contribution >= 0.6 is 0 Å². The minimum atomic E-state index is -0.0638. The van der Waals surface area contributed by atoms with Crippen molar-refractivity contribution in [2.45, 2.75) is 31.8 Å². The van der Waals surface area contributed by atoms with Gasteiger partial charge in [-0.2, -0.15) is 0 Å². The number of aromatic nitrogens is 4. The number of carbonyl (C=O) groups excluding carboxylic acids is 1. The molecule has 0 bridgehead atoms. The van der Waals surface area contributed by atoms with Crippen LogP contribution in [-0.2, 0) is 11.3 Å². The van der Waals surface area contributed by atoms with Crippen molar-refractivity contribution < 1.29 is 9.53 Å². The molecule has 0 atom stereocenters. The van der Waals surface area contributed by atoms with Crippen molar-refractivity contribution in [2.24, 2.45) is 0 Å². The summed E-state index contributed by atoms with van der Waals surface area (Å²) in [6.45, 7) is 0.578. The van der Waals surface area contributed by atoms with E-state index in [1.54, 1.807) is 11.9 Å². The molecule has 1 aromatic heterocycles. The van der Waals surface area contributed by atoms with Crippen molar-refractivity contribution in [1.82, 2.24) is 20.2 Å². The van der Waals surface area contributed by atoms with Gasteiger partial charge in [-0.25, -0.2) is 4.68 Å². The average molecular weight is 314 g/mol. The number of hydrogen-bond donors (Lipinski definition) is 1. The van der Waals surface area contributed by atoms with Crippen LogP contribution in [-0.4, -0.2) is 39.8 Å². The first-order valence-corrected chi connectivity index (χ1v) is 7.77. The van der Waals surface area contributed by atoms with Gasteiger partial charge in [0.1, 0.15) is 11.4 Å². The smallest absolute Gasteiger partial charge is 0.264 e. The first kappa shape index (κ1) is 14.0. The summed E-state index contributed by atoms with van der Waals surface area (Å²) in [5.41, 5.74) is 1.59. The zero-order valence-electron chi connectivity index (χ0n) is 12.9. The predicted molar refractivity (Wildman–Crippen MR) is 83.4 cm³/mol. The van der Waals surface area contributed by atoms with Crippen LogP contribution < -0.4 is 15.0 Å².